The molecule has 0 heterocycles. The van der Waals surface area contributed by atoms with Gasteiger partial charge in [-0.25, -0.2) is 0 Å². The van der Waals surface area contributed by atoms with Crippen molar-refractivity contribution in [2.75, 3.05) is 7.11 Å². The number of carbonyl (C=O) groups is 1. The maximum atomic E-state index is 11.4. The molecule has 0 spiro atoms. The highest BCUT2D eigenvalue weighted by Gasteiger charge is 2.58. The number of hydrogen-bond donors (Lipinski definition) is 3. The van der Waals surface area contributed by atoms with E-state index in [1.54, 1.807) is 0 Å². The summed E-state index contributed by atoms with van der Waals surface area (Å²) in [5.41, 5.74) is -0.486. The van der Waals surface area contributed by atoms with Crippen LogP contribution in [0.5, 0.6) is 0 Å². The summed E-state index contributed by atoms with van der Waals surface area (Å²) in [6.07, 6.45) is 2.20. The van der Waals surface area contributed by atoms with Crippen LogP contribution in [0.15, 0.2) is 0 Å². The zero-order chi connectivity index (χ0) is 11.2. The van der Waals surface area contributed by atoms with Gasteiger partial charge in [0.05, 0.1) is 13.0 Å². The van der Waals surface area contributed by atoms with Gasteiger partial charge in [0.1, 0.15) is 0 Å². The molecule has 0 aromatic heterocycles. The first-order valence-corrected chi connectivity index (χ1v) is 7.10. The zero-order valence-corrected chi connectivity index (χ0v) is 9.59. The number of rotatable bonds is 2. The van der Waals surface area contributed by atoms with Gasteiger partial charge in [0.25, 0.3) is 0 Å². The SMILES string of the molecule is COC(=O)C1CC2CC1C([Si](O)(O)O)C2. The van der Waals surface area contributed by atoms with Gasteiger partial charge in [0, 0.05) is 5.54 Å². The third-order valence-electron chi connectivity index (χ3n) is 3.82. The summed E-state index contributed by atoms with van der Waals surface area (Å²) >= 11 is 0. The fraction of sp³-hybridized carbons (Fsp3) is 0.889. The van der Waals surface area contributed by atoms with Crippen molar-refractivity contribution in [2.24, 2.45) is 17.8 Å². The average Bonchev–Trinajstić information content (AvgIpc) is 2.73. The highest BCUT2D eigenvalue weighted by molar-refractivity contribution is 6.58. The van der Waals surface area contributed by atoms with Gasteiger partial charge in [-0.15, -0.1) is 0 Å². The lowest BCUT2D eigenvalue weighted by Crippen LogP contribution is -2.45. The van der Waals surface area contributed by atoms with Crippen LogP contribution in [0.3, 0.4) is 0 Å². The van der Waals surface area contributed by atoms with E-state index < -0.39 is 14.3 Å². The number of hydrogen-bond acceptors (Lipinski definition) is 5. The molecule has 2 rings (SSSR count). The molecule has 15 heavy (non-hydrogen) atoms. The molecule has 0 saturated heterocycles. The summed E-state index contributed by atoms with van der Waals surface area (Å²) < 4.78 is 4.68. The van der Waals surface area contributed by atoms with Crippen LogP contribution < -0.4 is 0 Å². The molecule has 3 N–H and O–H groups in total. The van der Waals surface area contributed by atoms with E-state index >= 15 is 0 Å². The molecule has 0 aliphatic heterocycles. The van der Waals surface area contributed by atoms with Gasteiger partial charge in [-0.1, -0.05) is 0 Å². The fourth-order valence-corrected chi connectivity index (χ4v) is 4.81. The van der Waals surface area contributed by atoms with Gasteiger partial charge in [-0.2, -0.15) is 0 Å². The van der Waals surface area contributed by atoms with E-state index in [0.29, 0.717) is 12.3 Å². The summed E-state index contributed by atoms with van der Waals surface area (Å²) in [7, 11) is -2.75. The monoisotopic (exact) mass is 232 g/mol. The van der Waals surface area contributed by atoms with Crippen molar-refractivity contribution in [3.8, 4) is 0 Å². The maximum absolute atomic E-state index is 11.4. The Kier molecular flexibility index (Phi) is 2.62. The number of esters is 1. The first kappa shape index (κ1) is 11.1. The lowest BCUT2D eigenvalue weighted by Gasteiger charge is -2.30. The van der Waals surface area contributed by atoms with Crippen LogP contribution in [0.25, 0.3) is 0 Å². The molecule has 5 nitrogen and oxygen atoms in total. The molecule has 0 aromatic rings. The van der Waals surface area contributed by atoms with Crippen LogP contribution in [0.1, 0.15) is 19.3 Å². The summed E-state index contributed by atoms with van der Waals surface area (Å²) in [5, 5.41) is 0. The lowest BCUT2D eigenvalue weighted by molar-refractivity contribution is -0.147. The van der Waals surface area contributed by atoms with Gasteiger partial charge < -0.3 is 19.1 Å². The molecule has 0 amide bonds. The van der Waals surface area contributed by atoms with Gasteiger partial charge in [0.2, 0.25) is 0 Å². The Morgan fingerprint density at radius 1 is 1.27 bits per heavy atom. The fourth-order valence-electron chi connectivity index (χ4n) is 3.22. The summed E-state index contributed by atoms with van der Waals surface area (Å²) in [6.45, 7) is 0. The van der Waals surface area contributed by atoms with Crippen LogP contribution >= 0.6 is 0 Å². The van der Waals surface area contributed by atoms with Crippen LogP contribution in [0.4, 0.5) is 0 Å². The van der Waals surface area contributed by atoms with Crippen molar-refractivity contribution in [2.45, 2.75) is 24.8 Å². The molecule has 2 aliphatic rings. The first-order valence-electron chi connectivity index (χ1n) is 5.18. The normalized spacial score (nSPS) is 39.5. The highest BCUT2D eigenvalue weighted by atomic mass is 28.4. The third kappa shape index (κ3) is 1.82. The molecule has 2 fully saturated rings. The van der Waals surface area contributed by atoms with Crippen LogP contribution in [0, 0.1) is 17.8 Å². The highest BCUT2D eigenvalue weighted by Crippen LogP contribution is 2.56. The minimum atomic E-state index is -4.09. The van der Waals surface area contributed by atoms with Crippen LogP contribution in [-0.2, 0) is 9.53 Å². The number of fused-ring (bicyclic) bond motifs is 2. The van der Waals surface area contributed by atoms with E-state index in [4.69, 9.17) is 0 Å². The smallest absolute Gasteiger partial charge is 0.469 e. The Balaban J connectivity index is 2.13. The Bertz CT molecular complexity index is 274. The second-order valence-electron chi connectivity index (χ2n) is 4.66. The van der Waals surface area contributed by atoms with E-state index in [9.17, 15) is 19.2 Å². The predicted octanol–water partition coefficient (Wildman–Crippen LogP) is -0.509. The molecule has 0 aromatic carbocycles. The minimum absolute atomic E-state index is 0.103. The molecule has 2 saturated carbocycles. The van der Waals surface area contributed by atoms with Crippen molar-refractivity contribution in [3.05, 3.63) is 0 Å². The van der Waals surface area contributed by atoms with Gasteiger partial charge >= 0.3 is 14.8 Å². The van der Waals surface area contributed by atoms with Crippen molar-refractivity contribution in [1.82, 2.24) is 0 Å². The Morgan fingerprint density at radius 2 is 1.93 bits per heavy atom. The zero-order valence-electron chi connectivity index (χ0n) is 8.59. The van der Waals surface area contributed by atoms with Crippen LogP contribution in [-0.4, -0.2) is 36.3 Å². The van der Waals surface area contributed by atoms with Gasteiger partial charge in [-0.05, 0) is 31.1 Å². The molecular formula is C9H16O5Si. The lowest BCUT2D eigenvalue weighted by atomic mass is 9.88. The van der Waals surface area contributed by atoms with Crippen molar-refractivity contribution >= 4 is 14.8 Å². The summed E-state index contributed by atoms with van der Waals surface area (Å²) in [6, 6.07) is 0. The summed E-state index contributed by atoms with van der Waals surface area (Å²) in [4.78, 5) is 39.4. The molecule has 2 bridgehead atoms. The largest absolute Gasteiger partial charge is 0.496 e. The van der Waals surface area contributed by atoms with Crippen molar-refractivity contribution < 1.29 is 23.9 Å². The Morgan fingerprint density at radius 3 is 2.40 bits per heavy atom. The number of carbonyl (C=O) groups excluding carboxylic acids is 1. The average molecular weight is 232 g/mol. The second-order valence-corrected chi connectivity index (χ2v) is 6.78. The topological polar surface area (TPSA) is 87.0 Å². The first-order chi connectivity index (χ1) is 6.93. The molecular weight excluding hydrogens is 216 g/mol. The van der Waals surface area contributed by atoms with Crippen LogP contribution in [0.2, 0.25) is 5.54 Å². The van der Waals surface area contributed by atoms with E-state index in [1.165, 1.54) is 7.11 Å². The summed E-state index contributed by atoms with van der Waals surface area (Å²) in [5.74, 6) is -0.306. The Hall–Kier alpha value is -0.433. The molecule has 2 aliphatic carbocycles. The van der Waals surface area contributed by atoms with Gasteiger partial charge in [-0.3, -0.25) is 4.79 Å². The second kappa shape index (κ2) is 3.55. The predicted molar refractivity (Wildman–Crippen MR) is 52.5 cm³/mol. The van der Waals surface area contributed by atoms with E-state index in [1.807, 2.05) is 0 Å². The molecule has 6 heteroatoms. The van der Waals surface area contributed by atoms with E-state index in [-0.39, 0.29) is 17.8 Å². The molecule has 4 atom stereocenters. The molecule has 86 valence electrons. The van der Waals surface area contributed by atoms with Crippen molar-refractivity contribution in [1.29, 1.82) is 0 Å². The number of methoxy groups -OCH3 is 1. The van der Waals surface area contributed by atoms with Gasteiger partial charge in [0.15, 0.2) is 0 Å². The maximum Gasteiger partial charge on any atom is 0.496 e. The Labute approximate surface area is 89.1 Å². The quantitative estimate of drug-likeness (QED) is 0.441. The standard InChI is InChI=1S/C9H16O5Si/c1-14-9(10)7-3-5-2-6(7)8(4-5)15(11,12)13/h5-8,11-13H,2-4H2,1H3. The van der Waals surface area contributed by atoms with Crippen molar-refractivity contribution in [3.63, 3.8) is 0 Å². The van der Waals surface area contributed by atoms with E-state index in [0.717, 1.165) is 12.8 Å². The third-order valence-corrected chi connectivity index (χ3v) is 5.47. The minimum Gasteiger partial charge on any atom is -0.469 e. The molecule has 0 radical (unpaired) electrons. The molecule has 4 unspecified atom stereocenters. The van der Waals surface area contributed by atoms with E-state index in [2.05, 4.69) is 4.74 Å². The number of ether oxygens (including phenoxy) is 1.